The Morgan fingerprint density at radius 3 is 2.43 bits per heavy atom. The van der Waals surface area contributed by atoms with Crippen molar-refractivity contribution in [1.29, 1.82) is 0 Å². The van der Waals surface area contributed by atoms with Crippen LogP contribution in [-0.4, -0.2) is 12.5 Å². The molecule has 0 aromatic heterocycles. The summed E-state index contributed by atoms with van der Waals surface area (Å²) >= 11 is 13.3. The fourth-order valence-corrected chi connectivity index (χ4v) is 4.59. The van der Waals surface area contributed by atoms with E-state index in [0.717, 1.165) is 42.0 Å². The summed E-state index contributed by atoms with van der Waals surface area (Å²) in [7, 11) is 0. The quantitative estimate of drug-likeness (QED) is 0.328. The molecule has 2 N–H and O–H groups in total. The molecule has 3 aromatic carbocycles. The molecule has 0 fully saturated rings. The number of carbonyl (C=O) groups is 1. The van der Waals surface area contributed by atoms with Gasteiger partial charge in [-0.15, -0.1) is 0 Å². The number of benzene rings is 3. The predicted octanol–water partition coefficient (Wildman–Crippen LogP) is 7.11. The molecule has 7 heteroatoms. The lowest BCUT2D eigenvalue weighted by Crippen LogP contribution is -2.20. The van der Waals surface area contributed by atoms with E-state index in [-0.39, 0.29) is 12.5 Å². The predicted molar refractivity (Wildman–Crippen MR) is 131 cm³/mol. The third-order valence-electron chi connectivity index (χ3n) is 4.46. The van der Waals surface area contributed by atoms with Gasteiger partial charge in [0.25, 0.3) is 5.91 Å². The van der Waals surface area contributed by atoms with Crippen LogP contribution in [0.1, 0.15) is 16.7 Å². The average Bonchev–Trinajstić information content (AvgIpc) is 2.68. The number of hydrogen-bond donors (Lipinski definition) is 2. The molecule has 1 amide bonds. The van der Waals surface area contributed by atoms with Gasteiger partial charge in [-0.25, -0.2) is 0 Å². The van der Waals surface area contributed by atoms with Crippen molar-refractivity contribution in [2.24, 2.45) is 0 Å². The maximum Gasteiger partial charge on any atom is 0.262 e. The number of amides is 1. The van der Waals surface area contributed by atoms with Crippen LogP contribution in [0.5, 0.6) is 5.75 Å². The Bertz CT molecular complexity index is 1050. The van der Waals surface area contributed by atoms with E-state index in [1.807, 2.05) is 68.4 Å². The summed E-state index contributed by atoms with van der Waals surface area (Å²) in [6, 6.07) is 17.3. The van der Waals surface area contributed by atoms with Gasteiger partial charge < -0.3 is 15.4 Å². The van der Waals surface area contributed by atoms with E-state index in [4.69, 9.17) is 16.3 Å². The molecule has 0 unspecified atom stereocenters. The van der Waals surface area contributed by atoms with Gasteiger partial charge >= 0.3 is 0 Å². The zero-order valence-electron chi connectivity index (χ0n) is 16.6. The van der Waals surface area contributed by atoms with Crippen molar-refractivity contribution in [3.05, 3.63) is 85.3 Å². The van der Waals surface area contributed by atoms with Crippen LogP contribution in [0.25, 0.3) is 0 Å². The monoisotopic (exact) mass is 550 g/mol. The second kappa shape index (κ2) is 10.3. The highest BCUT2D eigenvalue weighted by Gasteiger charge is 2.12. The lowest BCUT2D eigenvalue weighted by Gasteiger charge is -2.14. The zero-order chi connectivity index (χ0) is 21.7. The van der Waals surface area contributed by atoms with Crippen LogP contribution < -0.4 is 15.4 Å². The summed E-state index contributed by atoms with van der Waals surface area (Å²) < 4.78 is 7.27. The van der Waals surface area contributed by atoms with E-state index in [2.05, 4.69) is 42.5 Å². The Balaban J connectivity index is 1.61. The first-order valence-corrected chi connectivity index (χ1v) is 11.3. The first kappa shape index (κ1) is 22.7. The molecule has 0 aliphatic carbocycles. The largest absolute Gasteiger partial charge is 0.481 e. The van der Waals surface area contributed by atoms with Crippen molar-refractivity contribution in [2.45, 2.75) is 20.4 Å². The highest BCUT2D eigenvalue weighted by molar-refractivity contribution is 9.11. The molecule has 3 rings (SSSR count). The van der Waals surface area contributed by atoms with Crippen molar-refractivity contribution in [3.8, 4) is 5.75 Å². The van der Waals surface area contributed by atoms with Crippen molar-refractivity contribution in [3.63, 3.8) is 0 Å². The third kappa shape index (κ3) is 6.00. The number of carbonyl (C=O) groups excluding carboxylic acids is 1. The summed E-state index contributed by atoms with van der Waals surface area (Å²) in [5.41, 5.74) is 4.88. The molecule has 0 radical (unpaired) electrons. The molecule has 0 heterocycles. The molecular weight excluding hydrogens is 532 g/mol. The summed E-state index contributed by atoms with van der Waals surface area (Å²) in [5, 5.41) is 6.96. The van der Waals surface area contributed by atoms with Gasteiger partial charge in [0.05, 0.1) is 8.95 Å². The normalized spacial score (nSPS) is 10.6. The van der Waals surface area contributed by atoms with E-state index in [0.29, 0.717) is 12.3 Å². The number of halogens is 3. The van der Waals surface area contributed by atoms with Crippen molar-refractivity contribution in [1.82, 2.24) is 0 Å². The molecule has 0 aliphatic heterocycles. The molecule has 0 atom stereocenters. The molecule has 30 heavy (non-hydrogen) atoms. The van der Waals surface area contributed by atoms with Gasteiger partial charge in [0.1, 0.15) is 5.75 Å². The van der Waals surface area contributed by atoms with Crippen molar-refractivity contribution >= 4 is 60.7 Å². The van der Waals surface area contributed by atoms with E-state index >= 15 is 0 Å². The first-order valence-electron chi connectivity index (χ1n) is 9.29. The van der Waals surface area contributed by atoms with Gasteiger partial charge in [-0.2, -0.15) is 0 Å². The Labute approximate surface area is 198 Å². The lowest BCUT2D eigenvalue weighted by molar-refractivity contribution is -0.118. The van der Waals surface area contributed by atoms with E-state index < -0.39 is 0 Å². The second-order valence-electron chi connectivity index (χ2n) is 6.86. The fraction of sp³-hybridized carbons (Fsp3) is 0.174. The third-order valence-corrected chi connectivity index (χ3v) is 6.05. The second-order valence-corrected chi connectivity index (χ2v) is 8.98. The number of anilines is 2. The highest BCUT2D eigenvalue weighted by Crippen LogP contribution is 2.35. The molecule has 0 saturated heterocycles. The van der Waals surface area contributed by atoms with Crippen molar-refractivity contribution < 1.29 is 9.53 Å². The molecule has 0 aliphatic rings. The Hall–Kier alpha value is -2.02. The standard InChI is InChI=1S/C23H21Br2ClN2O2/c1-14-5-3-6-17(9-14)28-22(29)13-30-23-18(24)10-16(11-19(23)25)12-27-21-8-4-7-20(26)15(21)2/h3-11,27H,12-13H2,1-2H3,(H,28,29). The molecular formula is C23H21Br2ClN2O2. The van der Waals surface area contributed by atoms with Crippen LogP contribution in [0.4, 0.5) is 11.4 Å². The Morgan fingerprint density at radius 2 is 1.73 bits per heavy atom. The van der Waals surface area contributed by atoms with E-state index in [9.17, 15) is 4.79 Å². The van der Waals surface area contributed by atoms with Gasteiger partial charge in [-0.3, -0.25) is 4.79 Å². The van der Waals surface area contributed by atoms with Crippen LogP contribution in [0.15, 0.2) is 63.5 Å². The molecule has 0 saturated carbocycles. The van der Waals surface area contributed by atoms with Gasteiger partial charge in [0.2, 0.25) is 0 Å². The van der Waals surface area contributed by atoms with Gasteiger partial charge in [-0.05, 0) is 98.8 Å². The lowest BCUT2D eigenvalue weighted by atomic mass is 10.1. The molecule has 3 aromatic rings. The fourth-order valence-electron chi connectivity index (χ4n) is 2.91. The number of rotatable bonds is 7. The molecule has 4 nitrogen and oxygen atoms in total. The number of nitrogens with one attached hydrogen (secondary N) is 2. The van der Waals surface area contributed by atoms with E-state index in [1.54, 1.807) is 0 Å². The van der Waals surface area contributed by atoms with Gasteiger partial charge in [0, 0.05) is 22.9 Å². The smallest absolute Gasteiger partial charge is 0.262 e. The zero-order valence-corrected chi connectivity index (χ0v) is 20.5. The minimum atomic E-state index is -0.221. The molecule has 0 bridgehead atoms. The summed E-state index contributed by atoms with van der Waals surface area (Å²) in [6.45, 7) is 4.48. The van der Waals surface area contributed by atoms with Crippen LogP contribution in [0, 0.1) is 13.8 Å². The minimum Gasteiger partial charge on any atom is -0.481 e. The minimum absolute atomic E-state index is 0.0928. The van der Waals surface area contributed by atoms with Crippen LogP contribution >= 0.6 is 43.5 Å². The van der Waals surface area contributed by atoms with Crippen LogP contribution in [-0.2, 0) is 11.3 Å². The maximum absolute atomic E-state index is 12.2. The summed E-state index contributed by atoms with van der Waals surface area (Å²) in [4.78, 5) is 12.2. The Morgan fingerprint density at radius 1 is 1.03 bits per heavy atom. The first-order chi connectivity index (χ1) is 14.3. The van der Waals surface area contributed by atoms with Crippen LogP contribution in [0.2, 0.25) is 5.02 Å². The number of hydrogen-bond acceptors (Lipinski definition) is 3. The molecule has 0 spiro atoms. The summed E-state index contributed by atoms with van der Waals surface area (Å²) in [5.74, 6) is 0.360. The van der Waals surface area contributed by atoms with Gasteiger partial charge in [-0.1, -0.05) is 29.8 Å². The van der Waals surface area contributed by atoms with Gasteiger partial charge in [0.15, 0.2) is 6.61 Å². The van der Waals surface area contributed by atoms with Crippen molar-refractivity contribution in [2.75, 3.05) is 17.2 Å². The SMILES string of the molecule is Cc1cccc(NC(=O)COc2c(Br)cc(CNc3cccc(Cl)c3C)cc2Br)c1. The van der Waals surface area contributed by atoms with E-state index in [1.165, 1.54) is 0 Å². The molecule has 156 valence electrons. The average molecular weight is 553 g/mol. The number of ether oxygens (including phenoxy) is 1. The summed E-state index contributed by atoms with van der Waals surface area (Å²) in [6.07, 6.45) is 0. The topological polar surface area (TPSA) is 50.4 Å². The Kier molecular flexibility index (Phi) is 7.81. The number of aryl methyl sites for hydroxylation is 1. The van der Waals surface area contributed by atoms with Crippen LogP contribution in [0.3, 0.4) is 0 Å². The highest BCUT2D eigenvalue weighted by atomic mass is 79.9. The maximum atomic E-state index is 12.2.